The van der Waals surface area contributed by atoms with Gasteiger partial charge in [-0.2, -0.15) is 0 Å². The zero-order valence-corrected chi connectivity index (χ0v) is 12.8. The smallest absolute Gasteiger partial charge is 0.221 e. The van der Waals surface area contributed by atoms with Crippen LogP contribution < -0.4 is 11.1 Å². The van der Waals surface area contributed by atoms with E-state index in [4.69, 9.17) is 5.73 Å². The van der Waals surface area contributed by atoms with Crippen molar-refractivity contribution in [2.75, 3.05) is 18.1 Å². The van der Waals surface area contributed by atoms with E-state index in [0.717, 1.165) is 25.7 Å². The number of sulfone groups is 1. The summed E-state index contributed by atoms with van der Waals surface area (Å²) >= 11 is 0. The first kappa shape index (κ1) is 16.4. The van der Waals surface area contributed by atoms with Crippen LogP contribution in [0.2, 0.25) is 0 Å². The Morgan fingerprint density at radius 3 is 2.37 bits per heavy atom. The summed E-state index contributed by atoms with van der Waals surface area (Å²) in [4.78, 5) is 11.9. The predicted molar refractivity (Wildman–Crippen MR) is 76.5 cm³/mol. The molecule has 1 rings (SSSR count). The minimum atomic E-state index is -3.13. The highest BCUT2D eigenvalue weighted by Gasteiger charge is 2.33. The highest BCUT2D eigenvalue weighted by atomic mass is 32.2. The van der Waals surface area contributed by atoms with Crippen LogP contribution >= 0.6 is 0 Å². The Morgan fingerprint density at radius 1 is 1.32 bits per heavy atom. The van der Waals surface area contributed by atoms with E-state index < -0.39 is 9.84 Å². The molecule has 0 radical (unpaired) electrons. The second kappa shape index (κ2) is 6.70. The Kier molecular flexibility index (Phi) is 5.80. The first-order valence-corrected chi connectivity index (χ1v) is 8.82. The molecule has 1 fully saturated rings. The van der Waals surface area contributed by atoms with Gasteiger partial charge in [0.2, 0.25) is 5.91 Å². The van der Waals surface area contributed by atoms with E-state index in [-0.39, 0.29) is 35.3 Å². The summed E-state index contributed by atoms with van der Waals surface area (Å²) in [6, 6.07) is 0. The van der Waals surface area contributed by atoms with Crippen molar-refractivity contribution in [3.8, 4) is 0 Å². The normalized spacial score (nSPS) is 18.7. The molecular formula is C13H26N2O3S. The maximum Gasteiger partial charge on any atom is 0.221 e. The molecular weight excluding hydrogens is 264 g/mol. The molecule has 6 heteroatoms. The highest BCUT2D eigenvalue weighted by molar-refractivity contribution is 7.91. The van der Waals surface area contributed by atoms with Crippen molar-refractivity contribution >= 4 is 15.7 Å². The summed E-state index contributed by atoms with van der Waals surface area (Å²) in [5.74, 6) is -0.0297. The molecule has 19 heavy (non-hydrogen) atoms. The molecule has 3 N–H and O–H groups in total. The van der Waals surface area contributed by atoms with Crippen molar-refractivity contribution in [3.05, 3.63) is 0 Å². The third kappa shape index (κ3) is 5.48. The first-order valence-electron chi connectivity index (χ1n) is 7.00. The fourth-order valence-electron chi connectivity index (χ4n) is 2.63. The van der Waals surface area contributed by atoms with Crippen molar-refractivity contribution in [1.29, 1.82) is 0 Å². The molecule has 0 spiro atoms. The van der Waals surface area contributed by atoms with Crippen LogP contribution in [0.4, 0.5) is 0 Å². The maximum atomic E-state index is 11.9. The van der Waals surface area contributed by atoms with Gasteiger partial charge in [0.05, 0.1) is 17.0 Å². The molecule has 0 saturated heterocycles. The lowest BCUT2D eigenvalue weighted by Gasteiger charge is -2.28. The minimum Gasteiger partial charge on any atom is -0.349 e. The van der Waals surface area contributed by atoms with Gasteiger partial charge >= 0.3 is 0 Å². The first-order chi connectivity index (χ1) is 8.79. The average Bonchev–Trinajstić information content (AvgIpc) is 2.74. The zero-order valence-electron chi connectivity index (χ0n) is 11.9. The molecule has 0 aromatic carbocycles. The second-order valence-corrected chi connectivity index (χ2v) is 8.23. The Bertz CT molecular complexity index is 398. The lowest BCUT2D eigenvalue weighted by Crippen LogP contribution is -2.51. The number of nitrogens with one attached hydrogen (secondary N) is 1. The van der Waals surface area contributed by atoms with Gasteiger partial charge in [-0.1, -0.05) is 26.7 Å². The van der Waals surface area contributed by atoms with Gasteiger partial charge in [-0.15, -0.1) is 0 Å². The summed E-state index contributed by atoms with van der Waals surface area (Å²) in [5.41, 5.74) is 5.44. The fraction of sp³-hybridized carbons (Fsp3) is 0.923. The molecule has 5 nitrogen and oxygen atoms in total. The number of nitrogens with two attached hydrogens (primary N) is 1. The molecule has 0 aromatic heterocycles. The van der Waals surface area contributed by atoms with Crippen LogP contribution in [0.25, 0.3) is 0 Å². The Labute approximate surface area is 116 Å². The third-order valence-corrected chi connectivity index (χ3v) is 5.58. The van der Waals surface area contributed by atoms with E-state index in [0.29, 0.717) is 6.54 Å². The molecule has 0 atom stereocenters. The Hall–Kier alpha value is -0.620. The van der Waals surface area contributed by atoms with Crippen LogP contribution in [-0.2, 0) is 14.6 Å². The molecule has 0 bridgehead atoms. The van der Waals surface area contributed by atoms with Crippen molar-refractivity contribution in [2.24, 2.45) is 11.7 Å². The highest BCUT2D eigenvalue weighted by Crippen LogP contribution is 2.28. The number of hydrogen-bond donors (Lipinski definition) is 2. The van der Waals surface area contributed by atoms with Crippen LogP contribution in [0.3, 0.4) is 0 Å². The lowest BCUT2D eigenvalue weighted by atomic mass is 9.98. The maximum absolute atomic E-state index is 11.9. The number of amides is 1. The molecule has 0 heterocycles. The second-order valence-electron chi connectivity index (χ2n) is 6.00. The number of hydrogen-bond acceptors (Lipinski definition) is 4. The van der Waals surface area contributed by atoms with Gasteiger partial charge < -0.3 is 11.1 Å². The molecule has 0 aliphatic heterocycles. The number of rotatable bonds is 7. The van der Waals surface area contributed by atoms with E-state index >= 15 is 0 Å². The predicted octanol–water partition coefficient (Wildman–Crippen LogP) is 0.835. The fourth-order valence-corrected chi connectivity index (χ4v) is 4.31. The topological polar surface area (TPSA) is 89.3 Å². The molecule has 1 saturated carbocycles. The van der Waals surface area contributed by atoms with Crippen molar-refractivity contribution < 1.29 is 13.2 Å². The largest absolute Gasteiger partial charge is 0.349 e. The summed E-state index contributed by atoms with van der Waals surface area (Å²) in [5, 5.41) is 2.94. The van der Waals surface area contributed by atoms with Crippen molar-refractivity contribution in [3.63, 3.8) is 0 Å². The van der Waals surface area contributed by atoms with Gasteiger partial charge in [-0.25, -0.2) is 8.42 Å². The standard InChI is InChI=1S/C13H26N2O3S/c1-11(2)9-19(17,18)8-5-12(16)15-13(10-14)6-3-4-7-13/h11H,3-10,14H2,1-2H3,(H,15,16). The van der Waals surface area contributed by atoms with Crippen LogP contribution in [0, 0.1) is 5.92 Å². The molecule has 112 valence electrons. The average molecular weight is 290 g/mol. The van der Waals surface area contributed by atoms with Crippen molar-refractivity contribution in [2.45, 2.75) is 51.5 Å². The van der Waals surface area contributed by atoms with Crippen LogP contribution in [0.1, 0.15) is 46.0 Å². The van der Waals surface area contributed by atoms with E-state index in [1.54, 1.807) is 0 Å². The van der Waals surface area contributed by atoms with Gasteiger partial charge in [0.1, 0.15) is 0 Å². The lowest BCUT2D eigenvalue weighted by molar-refractivity contribution is -0.122. The molecule has 0 aromatic rings. The zero-order chi connectivity index (χ0) is 14.5. The van der Waals surface area contributed by atoms with Gasteiger partial charge in [-0.3, -0.25) is 4.79 Å². The van der Waals surface area contributed by atoms with Gasteiger partial charge in [0.15, 0.2) is 9.84 Å². The van der Waals surface area contributed by atoms with Gasteiger partial charge in [0.25, 0.3) is 0 Å². The third-order valence-electron chi connectivity index (χ3n) is 3.58. The van der Waals surface area contributed by atoms with Gasteiger partial charge in [-0.05, 0) is 18.8 Å². The number of carbonyl (C=O) groups excluding carboxylic acids is 1. The van der Waals surface area contributed by atoms with Crippen LogP contribution in [0.15, 0.2) is 0 Å². The van der Waals surface area contributed by atoms with E-state index in [9.17, 15) is 13.2 Å². The molecule has 1 aliphatic carbocycles. The Balaban J connectivity index is 2.43. The summed E-state index contributed by atoms with van der Waals surface area (Å²) in [6.45, 7) is 4.15. The molecule has 0 unspecified atom stereocenters. The minimum absolute atomic E-state index is 0.0385. The molecule has 1 amide bonds. The Morgan fingerprint density at radius 2 is 1.89 bits per heavy atom. The molecule has 1 aliphatic rings. The van der Waals surface area contributed by atoms with Crippen LogP contribution in [0.5, 0.6) is 0 Å². The SMILES string of the molecule is CC(C)CS(=O)(=O)CCC(=O)NC1(CN)CCCC1. The van der Waals surface area contributed by atoms with E-state index in [1.165, 1.54) is 0 Å². The summed E-state index contributed by atoms with van der Waals surface area (Å²) in [6.07, 6.45) is 3.98. The van der Waals surface area contributed by atoms with Crippen LogP contribution in [-0.4, -0.2) is 37.9 Å². The quantitative estimate of drug-likeness (QED) is 0.727. The van der Waals surface area contributed by atoms with E-state index in [2.05, 4.69) is 5.32 Å². The van der Waals surface area contributed by atoms with E-state index in [1.807, 2.05) is 13.8 Å². The number of carbonyl (C=O) groups is 1. The monoisotopic (exact) mass is 290 g/mol. The summed E-state index contributed by atoms with van der Waals surface area (Å²) in [7, 11) is -3.13. The summed E-state index contributed by atoms with van der Waals surface area (Å²) < 4.78 is 23.5. The van der Waals surface area contributed by atoms with Gasteiger partial charge in [0, 0.05) is 13.0 Å². The van der Waals surface area contributed by atoms with Crippen molar-refractivity contribution in [1.82, 2.24) is 5.32 Å².